The Morgan fingerprint density at radius 3 is 2.62 bits per heavy atom. The predicted molar refractivity (Wildman–Crippen MR) is 93.7 cm³/mol. The van der Waals surface area contributed by atoms with E-state index in [1.807, 2.05) is 49.4 Å². The molecule has 2 heterocycles. The van der Waals surface area contributed by atoms with Gasteiger partial charge in [0.25, 0.3) is 0 Å². The van der Waals surface area contributed by atoms with Crippen LogP contribution in [0.5, 0.6) is 11.5 Å². The highest BCUT2D eigenvalue weighted by Gasteiger charge is 2.14. The van der Waals surface area contributed by atoms with Crippen LogP contribution in [-0.2, 0) is 6.54 Å². The van der Waals surface area contributed by atoms with Crippen molar-refractivity contribution in [3.63, 3.8) is 0 Å². The Labute approximate surface area is 140 Å². The van der Waals surface area contributed by atoms with Crippen molar-refractivity contribution in [2.24, 2.45) is 0 Å². The molecular formula is C19H19N3O2. The van der Waals surface area contributed by atoms with Gasteiger partial charge in [-0.1, -0.05) is 24.3 Å². The molecule has 4 rings (SSSR count). The lowest BCUT2D eigenvalue weighted by molar-refractivity contribution is 0.296. The second kappa shape index (κ2) is 6.35. The minimum Gasteiger partial charge on any atom is -0.490 e. The molecule has 122 valence electrons. The summed E-state index contributed by atoms with van der Waals surface area (Å²) >= 11 is 0. The zero-order valence-corrected chi connectivity index (χ0v) is 13.6. The fraction of sp³-hybridized carbons (Fsp3) is 0.263. The molecule has 1 aromatic heterocycles. The van der Waals surface area contributed by atoms with E-state index in [0.29, 0.717) is 19.8 Å². The minimum absolute atomic E-state index is 0.612. The Morgan fingerprint density at radius 1 is 0.958 bits per heavy atom. The van der Waals surface area contributed by atoms with Gasteiger partial charge >= 0.3 is 0 Å². The normalized spacial score (nSPS) is 13.5. The predicted octanol–water partition coefficient (Wildman–Crippen LogP) is 3.71. The van der Waals surface area contributed by atoms with Crippen molar-refractivity contribution in [3.8, 4) is 11.5 Å². The smallest absolute Gasteiger partial charge is 0.166 e. The number of hydrogen-bond acceptors (Lipinski definition) is 5. The molecule has 0 unspecified atom stereocenters. The van der Waals surface area contributed by atoms with E-state index in [0.717, 1.165) is 46.0 Å². The van der Waals surface area contributed by atoms with Gasteiger partial charge in [-0.05, 0) is 25.1 Å². The van der Waals surface area contributed by atoms with Crippen LogP contribution in [-0.4, -0.2) is 23.2 Å². The van der Waals surface area contributed by atoms with Gasteiger partial charge in [-0.3, -0.25) is 0 Å². The number of fused-ring (bicyclic) bond motifs is 2. The third kappa shape index (κ3) is 2.85. The van der Waals surface area contributed by atoms with Crippen LogP contribution in [0.4, 0.5) is 5.82 Å². The number of aryl methyl sites for hydroxylation is 1. The highest BCUT2D eigenvalue weighted by atomic mass is 16.5. The first kappa shape index (κ1) is 14.8. The summed E-state index contributed by atoms with van der Waals surface area (Å²) < 4.78 is 11.6. The molecule has 1 aliphatic rings. The molecule has 0 spiro atoms. The molecular weight excluding hydrogens is 302 g/mol. The Bertz CT molecular complexity index is 880. The Morgan fingerprint density at radius 2 is 1.75 bits per heavy atom. The molecule has 0 amide bonds. The summed E-state index contributed by atoms with van der Waals surface area (Å²) in [5.74, 6) is 2.43. The van der Waals surface area contributed by atoms with Gasteiger partial charge in [-0.15, -0.1) is 0 Å². The fourth-order valence-corrected chi connectivity index (χ4v) is 2.83. The number of benzene rings is 2. The van der Waals surface area contributed by atoms with Crippen LogP contribution in [0.1, 0.15) is 17.7 Å². The van der Waals surface area contributed by atoms with Crippen LogP contribution in [0.3, 0.4) is 0 Å². The summed E-state index contributed by atoms with van der Waals surface area (Å²) in [5, 5.41) is 3.38. The highest BCUT2D eigenvalue weighted by molar-refractivity contribution is 5.76. The summed E-state index contributed by atoms with van der Waals surface area (Å²) in [5.41, 5.74) is 3.74. The van der Waals surface area contributed by atoms with E-state index >= 15 is 0 Å². The van der Waals surface area contributed by atoms with Crippen molar-refractivity contribution in [2.75, 3.05) is 18.5 Å². The maximum Gasteiger partial charge on any atom is 0.166 e. The van der Waals surface area contributed by atoms with Gasteiger partial charge in [0, 0.05) is 18.5 Å². The third-order valence-electron chi connectivity index (χ3n) is 4.04. The van der Waals surface area contributed by atoms with Gasteiger partial charge in [-0.25, -0.2) is 9.97 Å². The van der Waals surface area contributed by atoms with Crippen LogP contribution in [0, 0.1) is 6.92 Å². The molecule has 2 aromatic carbocycles. The summed E-state index contributed by atoms with van der Waals surface area (Å²) in [6, 6.07) is 13.9. The van der Waals surface area contributed by atoms with Crippen LogP contribution in [0.2, 0.25) is 0 Å². The summed E-state index contributed by atoms with van der Waals surface area (Å²) in [6.45, 7) is 3.95. The zero-order valence-electron chi connectivity index (χ0n) is 13.6. The molecule has 0 atom stereocenters. The van der Waals surface area contributed by atoms with Gasteiger partial charge in [0.05, 0.1) is 29.9 Å². The fourth-order valence-electron chi connectivity index (χ4n) is 2.83. The van der Waals surface area contributed by atoms with Crippen molar-refractivity contribution >= 4 is 16.9 Å². The molecule has 24 heavy (non-hydrogen) atoms. The summed E-state index contributed by atoms with van der Waals surface area (Å²) in [4.78, 5) is 9.28. The van der Waals surface area contributed by atoms with Crippen LogP contribution in [0.15, 0.2) is 42.5 Å². The Hall–Kier alpha value is -2.82. The quantitative estimate of drug-likeness (QED) is 0.797. The SMILES string of the molecule is Cc1nc2ccccc2nc1NCc1cccc2c1OCCCO2. The number of nitrogens with zero attached hydrogens (tertiary/aromatic N) is 2. The Balaban J connectivity index is 1.60. The van der Waals surface area contributed by atoms with E-state index in [9.17, 15) is 0 Å². The molecule has 0 saturated carbocycles. The number of anilines is 1. The maximum atomic E-state index is 5.87. The van der Waals surface area contributed by atoms with Crippen molar-refractivity contribution in [1.82, 2.24) is 9.97 Å². The topological polar surface area (TPSA) is 56.3 Å². The van der Waals surface area contributed by atoms with E-state index in [1.165, 1.54) is 0 Å². The van der Waals surface area contributed by atoms with Gasteiger partial charge in [0.1, 0.15) is 5.82 Å². The van der Waals surface area contributed by atoms with Crippen molar-refractivity contribution in [3.05, 3.63) is 53.7 Å². The van der Waals surface area contributed by atoms with Gasteiger partial charge in [0.2, 0.25) is 0 Å². The first-order chi connectivity index (χ1) is 11.8. The number of rotatable bonds is 3. The highest BCUT2D eigenvalue weighted by Crippen LogP contribution is 2.33. The van der Waals surface area contributed by atoms with E-state index in [4.69, 9.17) is 9.47 Å². The molecule has 3 aromatic rings. The molecule has 1 aliphatic heterocycles. The molecule has 0 aliphatic carbocycles. The molecule has 0 saturated heterocycles. The van der Waals surface area contributed by atoms with Crippen molar-refractivity contribution in [2.45, 2.75) is 19.9 Å². The minimum atomic E-state index is 0.612. The van der Waals surface area contributed by atoms with Crippen LogP contribution in [0.25, 0.3) is 11.0 Å². The lowest BCUT2D eigenvalue weighted by Gasteiger charge is -2.14. The average Bonchev–Trinajstić information content (AvgIpc) is 2.85. The van der Waals surface area contributed by atoms with E-state index in [1.54, 1.807) is 0 Å². The number of ether oxygens (including phenoxy) is 2. The number of aromatic nitrogens is 2. The number of hydrogen-bond donors (Lipinski definition) is 1. The molecule has 0 bridgehead atoms. The van der Waals surface area contributed by atoms with Gasteiger partial charge < -0.3 is 14.8 Å². The third-order valence-corrected chi connectivity index (χ3v) is 4.04. The summed E-state index contributed by atoms with van der Waals surface area (Å²) in [6.07, 6.45) is 0.900. The van der Waals surface area contributed by atoms with Crippen molar-refractivity contribution < 1.29 is 9.47 Å². The van der Waals surface area contributed by atoms with Crippen molar-refractivity contribution in [1.29, 1.82) is 0 Å². The summed E-state index contributed by atoms with van der Waals surface area (Å²) in [7, 11) is 0. The lowest BCUT2D eigenvalue weighted by atomic mass is 10.2. The maximum absolute atomic E-state index is 5.87. The Kier molecular flexibility index (Phi) is 3.91. The lowest BCUT2D eigenvalue weighted by Crippen LogP contribution is -2.07. The molecule has 0 fully saturated rings. The second-order valence-electron chi connectivity index (χ2n) is 5.79. The second-order valence-corrected chi connectivity index (χ2v) is 5.79. The monoisotopic (exact) mass is 321 g/mol. The molecule has 1 N–H and O–H groups in total. The van der Waals surface area contributed by atoms with Gasteiger partial charge in [0.15, 0.2) is 11.5 Å². The van der Waals surface area contributed by atoms with E-state index in [-0.39, 0.29) is 0 Å². The average molecular weight is 321 g/mol. The van der Waals surface area contributed by atoms with Crippen LogP contribution >= 0.6 is 0 Å². The first-order valence-electron chi connectivity index (χ1n) is 8.16. The standard InChI is InChI=1S/C19H19N3O2/c1-13-19(22-16-8-3-2-7-15(16)21-13)20-12-14-6-4-9-17-18(14)24-11-5-10-23-17/h2-4,6-9H,5,10-12H2,1H3,(H,20,22). The number of para-hydroxylation sites is 3. The zero-order chi connectivity index (χ0) is 16.4. The molecule has 5 heteroatoms. The van der Waals surface area contributed by atoms with E-state index in [2.05, 4.69) is 15.3 Å². The first-order valence-corrected chi connectivity index (χ1v) is 8.16. The molecule has 5 nitrogen and oxygen atoms in total. The molecule has 0 radical (unpaired) electrons. The van der Waals surface area contributed by atoms with E-state index < -0.39 is 0 Å². The van der Waals surface area contributed by atoms with Crippen LogP contribution < -0.4 is 14.8 Å². The van der Waals surface area contributed by atoms with Gasteiger partial charge in [-0.2, -0.15) is 0 Å². The largest absolute Gasteiger partial charge is 0.490 e. The number of nitrogens with one attached hydrogen (secondary N) is 1.